The van der Waals surface area contributed by atoms with E-state index in [2.05, 4.69) is 15.5 Å². The van der Waals surface area contributed by atoms with Crippen LogP contribution in [0.4, 0.5) is 5.69 Å². The highest BCUT2D eigenvalue weighted by molar-refractivity contribution is 6.32. The van der Waals surface area contributed by atoms with Crippen LogP contribution in [0.3, 0.4) is 0 Å². The molecular weight excluding hydrogens is 254 g/mol. The summed E-state index contributed by atoms with van der Waals surface area (Å²) in [6.45, 7) is 5.24. The average Bonchev–Trinajstić information content (AvgIpc) is 2.64. The van der Waals surface area contributed by atoms with Crippen LogP contribution < -0.4 is 5.32 Å². The van der Waals surface area contributed by atoms with E-state index in [-0.39, 0.29) is 11.1 Å². The first-order valence-corrected chi connectivity index (χ1v) is 5.74. The molecule has 5 nitrogen and oxygen atoms in total. The summed E-state index contributed by atoms with van der Waals surface area (Å²) >= 11 is 5.95. The zero-order chi connectivity index (χ0) is 13.3. The van der Waals surface area contributed by atoms with Crippen LogP contribution >= 0.6 is 11.6 Å². The van der Waals surface area contributed by atoms with Gasteiger partial charge in [0.1, 0.15) is 11.3 Å². The van der Waals surface area contributed by atoms with Gasteiger partial charge in [-0.25, -0.2) is 4.98 Å². The molecule has 0 bridgehead atoms. The number of rotatable bonds is 2. The molecule has 1 N–H and O–H groups in total. The van der Waals surface area contributed by atoms with E-state index in [1.54, 1.807) is 26.1 Å². The lowest BCUT2D eigenvalue weighted by atomic mass is 10.2. The van der Waals surface area contributed by atoms with Gasteiger partial charge in [0, 0.05) is 6.20 Å². The van der Waals surface area contributed by atoms with Gasteiger partial charge in [0.2, 0.25) is 0 Å². The molecule has 0 atom stereocenters. The Hall–Kier alpha value is -1.88. The molecule has 0 fully saturated rings. The van der Waals surface area contributed by atoms with Crippen molar-refractivity contribution < 1.29 is 9.32 Å². The fourth-order valence-corrected chi connectivity index (χ4v) is 1.91. The van der Waals surface area contributed by atoms with Gasteiger partial charge in [-0.3, -0.25) is 4.79 Å². The molecule has 0 spiro atoms. The molecule has 2 rings (SSSR count). The third-order valence-corrected chi connectivity index (χ3v) is 2.90. The van der Waals surface area contributed by atoms with E-state index in [4.69, 9.17) is 16.1 Å². The molecule has 18 heavy (non-hydrogen) atoms. The van der Waals surface area contributed by atoms with Gasteiger partial charge in [0.15, 0.2) is 5.15 Å². The highest BCUT2D eigenvalue weighted by atomic mass is 35.5. The zero-order valence-electron chi connectivity index (χ0n) is 10.2. The first kappa shape index (κ1) is 12.6. The first-order chi connectivity index (χ1) is 8.50. The molecular formula is C12H12ClN3O2. The Morgan fingerprint density at radius 1 is 1.39 bits per heavy atom. The summed E-state index contributed by atoms with van der Waals surface area (Å²) in [7, 11) is 0. The predicted molar refractivity (Wildman–Crippen MR) is 67.9 cm³/mol. The number of amides is 1. The van der Waals surface area contributed by atoms with E-state index in [9.17, 15) is 4.79 Å². The standard InChI is InChI=1S/C12H12ClN3O2/c1-6-4-5-14-11(13)10(6)15-12(17)9-7(2)16-18-8(9)3/h4-5H,1-3H3,(H,15,17). The van der Waals surface area contributed by atoms with Crippen molar-refractivity contribution in [1.82, 2.24) is 10.1 Å². The maximum Gasteiger partial charge on any atom is 0.261 e. The third-order valence-electron chi connectivity index (χ3n) is 2.61. The predicted octanol–water partition coefficient (Wildman–Crippen LogP) is 2.90. The van der Waals surface area contributed by atoms with Gasteiger partial charge in [-0.2, -0.15) is 0 Å². The normalized spacial score (nSPS) is 10.4. The number of hydrogen-bond donors (Lipinski definition) is 1. The van der Waals surface area contributed by atoms with Crippen LogP contribution in [-0.2, 0) is 0 Å². The van der Waals surface area contributed by atoms with Crippen LogP contribution in [-0.4, -0.2) is 16.0 Å². The molecule has 94 valence electrons. The van der Waals surface area contributed by atoms with Gasteiger partial charge in [0.05, 0.1) is 11.4 Å². The van der Waals surface area contributed by atoms with Crippen LogP contribution in [0.15, 0.2) is 16.8 Å². The first-order valence-electron chi connectivity index (χ1n) is 5.36. The van der Waals surface area contributed by atoms with Crippen molar-refractivity contribution >= 4 is 23.2 Å². The minimum atomic E-state index is -0.302. The van der Waals surface area contributed by atoms with Crippen LogP contribution in [0.2, 0.25) is 5.15 Å². The SMILES string of the molecule is Cc1ccnc(Cl)c1NC(=O)c1c(C)noc1C. The number of anilines is 1. The van der Waals surface area contributed by atoms with Crippen molar-refractivity contribution in [1.29, 1.82) is 0 Å². The van der Waals surface area contributed by atoms with E-state index < -0.39 is 0 Å². The van der Waals surface area contributed by atoms with Crippen molar-refractivity contribution in [3.8, 4) is 0 Å². The monoisotopic (exact) mass is 265 g/mol. The van der Waals surface area contributed by atoms with Crippen molar-refractivity contribution in [3.63, 3.8) is 0 Å². The Bertz CT molecular complexity index is 568. The molecule has 2 aromatic rings. The Morgan fingerprint density at radius 2 is 2.11 bits per heavy atom. The summed E-state index contributed by atoms with van der Waals surface area (Å²) in [5.74, 6) is 0.173. The number of carbonyl (C=O) groups is 1. The number of pyridine rings is 1. The number of hydrogen-bond acceptors (Lipinski definition) is 4. The van der Waals surface area contributed by atoms with Crippen LogP contribution in [0.25, 0.3) is 0 Å². The summed E-state index contributed by atoms with van der Waals surface area (Å²) in [5.41, 5.74) is 2.32. The second-order valence-corrected chi connectivity index (χ2v) is 4.30. The minimum Gasteiger partial charge on any atom is -0.361 e. The molecule has 1 amide bonds. The van der Waals surface area contributed by atoms with E-state index in [0.717, 1.165) is 5.56 Å². The molecule has 0 aliphatic heterocycles. The van der Waals surface area contributed by atoms with Gasteiger partial charge >= 0.3 is 0 Å². The Morgan fingerprint density at radius 3 is 2.67 bits per heavy atom. The Labute approximate surface area is 109 Å². The van der Waals surface area contributed by atoms with Crippen molar-refractivity contribution in [2.45, 2.75) is 20.8 Å². The maximum absolute atomic E-state index is 12.1. The average molecular weight is 266 g/mol. The van der Waals surface area contributed by atoms with E-state index in [1.807, 2.05) is 6.92 Å². The Kier molecular flexibility index (Phi) is 3.34. The summed E-state index contributed by atoms with van der Waals surface area (Å²) in [6.07, 6.45) is 1.59. The van der Waals surface area contributed by atoms with E-state index >= 15 is 0 Å². The molecule has 0 unspecified atom stereocenters. The lowest BCUT2D eigenvalue weighted by Gasteiger charge is -2.08. The minimum absolute atomic E-state index is 0.259. The van der Waals surface area contributed by atoms with Crippen molar-refractivity contribution in [3.05, 3.63) is 40.0 Å². The molecule has 0 saturated carbocycles. The summed E-state index contributed by atoms with van der Waals surface area (Å²) in [6, 6.07) is 1.77. The second-order valence-electron chi connectivity index (χ2n) is 3.95. The second kappa shape index (κ2) is 4.78. The topological polar surface area (TPSA) is 68.0 Å². The quantitative estimate of drug-likeness (QED) is 0.848. The smallest absolute Gasteiger partial charge is 0.261 e. The third kappa shape index (κ3) is 2.22. The lowest BCUT2D eigenvalue weighted by molar-refractivity contribution is 0.102. The van der Waals surface area contributed by atoms with Crippen LogP contribution in [0.1, 0.15) is 27.4 Å². The Balaban J connectivity index is 2.33. The van der Waals surface area contributed by atoms with Gasteiger partial charge in [-0.1, -0.05) is 16.8 Å². The van der Waals surface area contributed by atoms with E-state index in [1.165, 1.54) is 0 Å². The van der Waals surface area contributed by atoms with Crippen LogP contribution in [0.5, 0.6) is 0 Å². The van der Waals surface area contributed by atoms with E-state index in [0.29, 0.717) is 22.7 Å². The molecule has 0 saturated heterocycles. The van der Waals surface area contributed by atoms with Gasteiger partial charge < -0.3 is 9.84 Å². The fourth-order valence-electron chi connectivity index (χ4n) is 1.66. The number of aromatic nitrogens is 2. The lowest BCUT2D eigenvalue weighted by Crippen LogP contribution is -2.15. The summed E-state index contributed by atoms with van der Waals surface area (Å²) in [5, 5.41) is 6.73. The van der Waals surface area contributed by atoms with Gasteiger partial charge in [-0.05, 0) is 32.4 Å². The maximum atomic E-state index is 12.1. The number of halogens is 1. The molecule has 6 heteroatoms. The van der Waals surface area contributed by atoms with Crippen molar-refractivity contribution in [2.24, 2.45) is 0 Å². The van der Waals surface area contributed by atoms with Crippen molar-refractivity contribution in [2.75, 3.05) is 5.32 Å². The number of nitrogens with one attached hydrogen (secondary N) is 1. The molecule has 0 radical (unpaired) electrons. The largest absolute Gasteiger partial charge is 0.361 e. The molecule has 0 aliphatic carbocycles. The number of aryl methyl sites for hydroxylation is 3. The zero-order valence-corrected chi connectivity index (χ0v) is 11.0. The van der Waals surface area contributed by atoms with Gasteiger partial charge in [-0.15, -0.1) is 0 Å². The highest BCUT2D eigenvalue weighted by Crippen LogP contribution is 2.24. The highest BCUT2D eigenvalue weighted by Gasteiger charge is 2.19. The number of nitrogens with zero attached hydrogens (tertiary/aromatic N) is 2. The summed E-state index contributed by atoms with van der Waals surface area (Å²) in [4.78, 5) is 16.1. The molecule has 0 aliphatic rings. The molecule has 2 aromatic heterocycles. The number of carbonyl (C=O) groups excluding carboxylic acids is 1. The van der Waals surface area contributed by atoms with Gasteiger partial charge in [0.25, 0.3) is 5.91 Å². The fraction of sp³-hybridized carbons (Fsp3) is 0.250. The molecule has 0 aromatic carbocycles. The summed E-state index contributed by atoms with van der Waals surface area (Å²) < 4.78 is 4.96. The molecule has 2 heterocycles. The van der Waals surface area contributed by atoms with Crippen LogP contribution in [0, 0.1) is 20.8 Å².